The van der Waals surface area contributed by atoms with Gasteiger partial charge in [0.25, 0.3) is 5.56 Å². The van der Waals surface area contributed by atoms with E-state index in [1.165, 1.54) is 25.7 Å². The molecule has 0 bridgehead atoms. The number of aromatic nitrogens is 2. The van der Waals surface area contributed by atoms with Gasteiger partial charge in [0.1, 0.15) is 17.0 Å². The molecule has 38 heavy (non-hydrogen) atoms. The fraction of sp³-hybridized carbons (Fsp3) is 0.750. The normalized spacial score (nSPS) is 41.4. The van der Waals surface area contributed by atoms with Gasteiger partial charge in [-0.25, -0.2) is 9.37 Å². The van der Waals surface area contributed by atoms with Crippen molar-refractivity contribution in [2.45, 2.75) is 104 Å². The van der Waals surface area contributed by atoms with E-state index in [4.69, 9.17) is 0 Å². The Morgan fingerprint density at radius 1 is 1.08 bits per heavy atom. The first-order valence-corrected chi connectivity index (χ1v) is 15.1. The molecule has 5 nitrogen and oxygen atoms in total. The lowest BCUT2D eigenvalue weighted by molar-refractivity contribution is -0.174. The van der Waals surface area contributed by atoms with Gasteiger partial charge in [0, 0.05) is 6.42 Å². The minimum atomic E-state index is -0.480. The lowest BCUT2D eigenvalue weighted by atomic mass is 9.43. The van der Waals surface area contributed by atoms with Gasteiger partial charge in [-0.2, -0.15) is 0 Å². The summed E-state index contributed by atoms with van der Waals surface area (Å²) in [6.07, 6.45) is 9.66. The highest BCUT2D eigenvalue weighted by molar-refractivity contribution is 5.79. The smallest absolute Gasteiger partial charge is 0.261 e. The Hall–Kier alpha value is -1.79. The number of nitrogens with one attached hydrogen (secondary N) is 1. The summed E-state index contributed by atoms with van der Waals surface area (Å²) in [5.74, 6) is 3.16. The number of aliphatic hydroxyl groups is 2. The van der Waals surface area contributed by atoms with E-state index in [9.17, 15) is 19.4 Å². The van der Waals surface area contributed by atoms with Crippen molar-refractivity contribution in [1.82, 2.24) is 9.97 Å². The van der Waals surface area contributed by atoms with Crippen molar-refractivity contribution in [3.05, 3.63) is 39.7 Å². The summed E-state index contributed by atoms with van der Waals surface area (Å²) in [6.45, 7) is 8.98. The van der Waals surface area contributed by atoms with Crippen LogP contribution in [0.25, 0.3) is 10.9 Å². The van der Waals surface area contributed by atoms with Crippen LogP contribution in [-0.2, 0) is 6.42 Å². The maximum Gasteiger partial charge on any atom is 0.261 e. The van der Waals surface area contributed by atoms with Crippen molar-refractivity contribution in [1.29, 1.82) is 0 Å². The topological polar surface area (TPSA) is 86.2 Å². The number of aromatic amines is 1. The summed E-state index contributed by atoms with van der Waals surface area (Å²) < 4.78 is 14.5. The number of halogens is 1. The number of fused-ring (bicyclic) bond motifs is 6. The van der Waals surface area contributed by atoms with Crippen LogP contribution >= 0.6 is 0 Å². The van der Waals surface area contributed by atoms with Gasteiger partial charge >= 0.3 is 0 Å². The van der Waals surface area contributed by atoms with Crippen LogP contribution in [-0.4, -0.2) is 32.4 Å². The predicted molar refractivity (Wildman–Crippen MR) is 147 cm³/mol. The molecule has 3 N–H and O–H groups in total. The molecule has 2 aromatic rings. The number of benzene rings is 1. The second-order valence-electron chi connectivity index (χ2n) is 14.1. The molecule has 1 aromatic carbocycles. The molecule has 1 heterocycles. The molecule has 0 spiro atoms. The van der Waals surface area contributed by atoms with E-state index in [1.807, 2.05) is 0 Å². The standard InChI is InChI=1S/C32H45FN2O3/c1-17(6-10-26-34-24-9-5-18(2)29(33)28(24)30(38)35-26)21-7-8-22-27-23(12-14-32(21,22)4)31(3)13-11-20(36)15-19(31)16-25(27)37/h5,9,17,19-23,25,27,36-37H,6-8,10-16H2,1-4H3,(H,34,35,38)/t17-,19+,20-,21-,22+,23?,25+,27+,31+,32-/m1/s1. The lowest BCUT2D eigenvalue weighted by Crippen LogP contribution is -2.58. The molecule has 10 atom stereocenters. The lowest BCUT2D eigenvalue weighted by Gasteiger charge is -2.62. The van der Waals surface area contributed by atoms with Gasteiger partial charge in [0.15, 0.2) is 0 Å². The van der Waals surface area contributed by atoms with Crippen LogP contribution in [0.15, 0.2) is 16.9 Å². The van der Waals surface area contributed by atoms with Crippen LogP contribution in [0, 0.1) is 59.1 Å². The number of aliphatic hydroxyl groups excluding tert-OH is 2. The zero-order chi connectivity index (χ0) is 27.0. The minimum Gasteiger partial charge on any atom is -0.393 e. The molecule has 0 aliphatic heterocycles. The van der Waals surface area contributed by atoms with E-state index in [-0.39, 0.29) is 28.4 Å². The molecular formula is C32H45FN2O3. The van der Waals surface area contributed by atoms with Gasteiger partial charge in [-0.15, -0.1) is 0 Å². The summed E-state index contributed by atoms with van der Waals surface area (Å²) in [5.41, 5.74) is 0.972. The van der Waals surface area contributed by atoms with E-state index in [2.05, 4.69) is 30.7 Å². The maximum atomic E-state index is 14.5. The van der Waals surface area contributed by atoms with Gasteiger partial charge < -0.3 is 15.2 Å². The number of rotatable bonds is 4. The van der Waals surface area contributed by atoms with Crippen molar-refractivity contribution >= 4 is 10.9 Å². The van der Waals surface area contributed by atoms with Crippen LogP contribution in [0.3, 0.4) is 0 Å². The molecule has 4 saturated carbocycles. The summed E-state index contributed by atoms with van der Waals surface area (Å²) in [4.78, 5) is 20.1. The molecule has 0 amide bonds. The third-order valence-corrected chi connectivity index (χ3v) is 12.3. The monoisotopic (exact) mass is 524 g/mol. The highest BCUT2D eigenvalue weighted by Gasteiger charge is 2.62. The van der Waals surface area contributed by atoms with E-state index >= 15 is 0 Å². The van der Waals surface area contributed by atoms with Crippen LogP contribution in [0.2, 0.25) is 0 Å². The first-order valence-electron chi connectivity index (χ1n) is 15.1. The summed E-state index contributed by atoms with van der Waals surface area (Å²) >= 11 is 0. The van der Waals surface area contributed by atoms with Crippen molar-refractivity contribution in [2.75, 3.05) is 0 Å². The molecule has 0 radical (unpaired) electrons. The van der Waals surface area contributed by atoms with E-state index in [0.29, 0.717) is 58.8 Å². The molecule has 208 valence electrons. The Bertz CT molecular complexity index is 1280. The molecule has 0 saturated heterocycles. The Morgan fingerprint density at radius 2 is 1.82 bits per heavy atom. The highest BCUT2D eigenvalue weighted by Crippen LogP contribution is 2.68. The molecule has 1 unspecified atom stereocenters. The molecular weight excluding hydrogens is 479 g/mol. The van der Waals surface area contributed by atoms with Crippen LogP contribution in [0.1, 0.15) is 89.9 Å². The third kappa shape index (κ3) is 3.99. The van der Waals surface area contributed by atoms with Gasteiger partial charge in [-0.3, -0.25) is 4.79 Å². The van der Waals surface area contributed by atoms with E-state index in [0.717, 1.165) is 32.1 Å². The Kier molecular flexibility index (Phi) is 6.54. The van der Waals surface area contributed by atoms with E-state index < -0.39 is 11.4 Å². The number of aryl methyl sites for hydroxylation is 2. The van der Waals surface area contributed by atoms with Gasteiger partial charge in [-0.05, 0) is 123 Å². The first-order chi connectivity index (χ1) is 18.0. The van der Waals surface area contributed by atoms with Gasteiger partial charge in [0.05, 0.1) is 17.7 Å². The van der Waals surface area contributed by atoms with Gasteiger partial charge in [-0.1, -0.05) is 26.8 Å². The average molecular weight is 525 g/mol. The summed E-state index contributed by atoms with van der Waals surface area (Å²) in [5, 5.41) is 21.9. The Balaban J connectivity index is 1.18. The zero-order valence-corrected chi connectivity index (χ0v) is 23.5. The second kappa shape index (κ2) is 9.40. The molecule has 4 aliphatic rings. The Morgan fingerprint density at radius 3 is 2.61 bits per heavy atom. The molecule has 4 aliphatic carbocycles. The number of nitrogens with zero attached hydrogens (tertiary/aromatic N) is 1. The second-order valence-corrected chi connectivity index (χ2v) is 14.1. The quantitative estimate of drug-likeness (QED) is 0.463. The SMILES string of the molecule is Cc1ccc2nc(CC[C@@H](C)[C@H]3CC[C@H]4[C@H]5C(CC[C@]34C)[C@@]3(C)CC[C@@H](O)C[C@H]3C[C@@H]5O)[nH]c(=O)c2c1F. The van der Waals surface area contributed by atoms with E-state index in [1.54, 1.807) is 19.1 Å². The molecule has 6 heteroatoms. The van der Waals surface area contributed by atoms with Crippen molar-refractivity contribution in [2.24, 2.45) is 46.3 Å². The fourth-order valence-electron chi connectivity index (χ4n) is 10.2. The van der Waals surface area contributed by atoms with Crippen LogP contribution in [0.5, 0.6) is 0 Å². The fourth-order valence-corrected chi connectivity index (χ4v) is 10.2. The highest BCUT2D eigenvalue weighted by atomic mass is 19.1. The molecule has 6 rings (SSSR count). The summed E-state index contributed by atoms with van der Waals surface area (Å²) in [7, 11) is 0. The van der Waals surface area contributed by atoms with Crippen LogP contribution in [0.4, 0.5) is 4.39 Å². The number of H-pyrrole nitrogens is 1. The minimum absolute atomic E-state index is 0.0548. The third-order valence-electron chi connectivity index (χ3n) is 12.3. The van der Waals surface area contributed by atoms with Gasteiger partial charge in [0.2, 0.25) is 0 Å². The van der Waals surface area contributed by atoms with Crippen molar-refractivity contribution in [3.8, 4) is 0 Å². The average Bonchev–Trinajstić information content (AvgIpc) is 3.23. The first kappa shape index (κ1) is 26.4. The summed E-state index contributed by atoms with van der Waals surface area (Å²) in [6, 6.07) is 3.43. The number of hydrogen-bond acceptors (Lipinski definition) is 4. The predicted octanol–water partition coefficient (Wildman–Crippen LogP) is 5.93. The Labute approximate surface area is 225 Å². The largest absolute Gasteiger partial charge is 0.393 e. The molecule has 1 aromatic heterocycles. The molecule has 4 fully saturated rings. The zero-order valence-electron chi connectivity index (χ0n) is 23.5. The van der Waals surface area contributed by atoms with Crippen molar-refractivity contribution in [3.63, 3.8) is 0 Å². The number of hydrogen-bond donors (Lipinski definition) is 3. The maximum absolute atomic E-state index is 14.5. The van der Waals surface area contributed by atoms with Crippen LogP contribution < -0.4 is 5.56 Å². The van der Waals surface area contributed by atoms with Crippen molar-refractivity contribution < 1.29 is 14.6 Å².